The van der Waals surface area contributed by atoms with Crippen LogP contribution in [-0.2, 0) is 6.54 Å². The minimum atomic E-state index is -0.112. The number of H-pyrrole nitrogens is 1. The lowest BCUT2D eigenvalue weighted by Gasteiger charge is -2.16. The second-order valence-electron chi connectivity index (χ2n) is 7.48. The van der Waals surface area contributed by atoms with Crippen molar-refractivity contribution in [2.75, 3.05) is 26.7 Å². The van der Waals surface area contributed by atoms with Crippen LogP contribution in [0.15, 0.2) is 60.7 Å². The van der Waals surface area contributed by atoms with E-state index in [-0.39, 0.29) is 5.91 Å². The summed E-state index contributed by atoms with van der Waals surface area (Å²) in [7, 11) is 1.64. The van der Waals surface area contributed by atoms with E-state index in [9.17, 15) is 4.79 Å². The number of methoxy groups -OCH3 is 1. The summed E-state index contributed by atoms with van der Waals surface area (Å²) in [6, 6.07) is 19.9. The number of ether oxygens (including phenoxy) is 1. The number of aromatic nitrogens is 2. The van der Waals surface area contributed by atoms with Crippen LogP contribution in [0.1, 0.15) is 22.5 Å². The Labute approximate surface area is 170 Å². The number of nitrogens with one attached hydrogen (secondary N) is 2. The molecule has 1 amide bonds. The lowest BCUT2D eigenvalue weighted by molar-refractivity contribution is 0.0942. The lowest BCUT2D eigenvalue weighted by atomic mass is 10.1. The second kappa shape index (κ2) is 8.92. The van der Waals surface area contributed by atoms with Crippen LogP contribution in [0.5, 0.6) is 5.75 Å². The van der Waals surface area contributed by atoms with Crippen molar-refractivity contribution in [3.63, 3.8) is 0 Å². The zero-order valence-electron chi connectivity index (χ0n) is 16.6. The highest BCUT2D eigenvalue weighted by atomic mass is 16.5. The van der Waals surface area contributed by atoms with Gasteiger partial charge in [0.25, 0.3) is 5.91 Å². The quantitative estimate of drug-likeness (QED) is 0.649. The van der Waals surface area contributed by atoms with Crippen LogP contribution in [0.3, 0.4) is 0 Å². The predicted octanol–water partition coefficient (Wildman–Crippen LogP) is 3.34. The van der Waals surface area contributed by atoms with E-state index >= 15 is 0 Å². The number of rotatable bonds is 7. The Morgan fingerprint density at radius 3 is 2.76 bits per heavy atom. The van der Waals surface area contributed by atoms with Gasteiger partial charge in [-0.1, -0.05) is 30.3 Å². The van der Waals surface area contributed by atoms with Crippen molar-refractivity contribution in [3.05, 3.63) is 71.9 Å². The third kappa shape index (κ3) is 4.84. The molecule has 1 saturated heterocycles. The number of carbonyl (C=O) groups is 1. The molecule has 3 aromatic rings. The topological polar surface area (TPSA) is 70.2 Å². The van der Waals surface area contributed by atoms with Crippen LogP contribution < -0.4 is 10.1 Å². The molecule has 0 unspecified atom stereocenters. The smallest absolute Gasteiger partial charge is 0.269 e. The average molecular weight is 390 g/mol. The van der Waals surface area contributed by atoms with Gasteiger partial charge in [0.15, 0.2) is 0 Å². The van der Waals surface area contributed by atoms with Gasteiger partial charge >= 0.3 is 0 Å². The Kier molecular flexibility index (Phi) is 5.91. The van der Waals surface area contributed by atoms with E-state index in [4.69, 9.17) is 4.74 Å². The van der Waals surface area contributed by atoms with Gasteiger partial charge in [0.2, 0.25) is 0 Å². The molecule has 1 aliphatic heterocycles. The molecule has 0 aliphatic carbocycles. The summed E-state index contributed by atoms with van der Waals surface area (Å²) in [6.07, 6.45) is 1.10. The van der Waals surface area contributed by atoms with E-state index in [1.165, 1.54) is 5.56 Å². The summed E-state index contributed by atoms with van der Waals surface area (Å²) in [5.41, 5.74) is 3.50. The molecule has 2 heterocycles. The number of hydrogen-bond acceptors (Lipinski definition) is 4. The zero-order chi connectivity index (χ0) is 20.1. The van der Waals surface area contributed by atoms with Gasteiger partial charge in [-0.15, -0.1) is 0 Å². The highest BCUT2D eigenvalue weighted by Crippen LogP contribution is 2.21. The van der Waals surface area contributed by atoms with Gasteiger partial charge in [-0.2, -0.15) is 5.10 Å². The van der Waals surface area contributed by atoms with Gasteiger partial charge in [0, 0.05) is 25.2 Å². The van der Waals surface area contributed by atoms with Crippen LogP contribution >= 0.6 is 0 Å². The Morgan fingerprint density at radius 1 is 1.21 bits per heavy atom. The molecule has 0 spiro atoms. The molecule has 6 nitrogen and oxygen atoms in total. The van der Waals surface area contributed by atoms with Gasteiger partial charge in [0.1, 0.15) is 11.4 Å². The molecular weight excluding hydrogens is 364 g/mol. The standard InChI is InChI=1S/C23H26N4O2/c1-29-20-9-7-19(8-10-20)21-13-22(26-25-21)23(28)24-14-18-11-12-27(16-18)15-17-5-3-2-4-6-17/h2-10,13,18H,11-12,14-16H2,1H3,(H,24,28)(H,25,26)/t18-/m0/s1. The molecule has 1 aliphatic rings. The number of benzene rings is 2. The highest BCUT2D eigenvalue weighted by Gasteiger charge is 2.23. The maximum absolute atomic E-state index is 12.5. The van der Waals surface area contributed by atoms with Gasteiger partial charge in [0.05, 0.1) is 12.8 Å². The molecule has 0 bridgehead atoms. The number of amides is 1. The van der Waals surface area contributed by atoms with Crippen molar-refractivity contribution in [2.24, 2.45) is 5.92 Å². The van der Waals surface area contributed by atoms with E-state index in [1.807, 2.05) is 30.3 Å². The third-order valence-electron chi connectivity index (χ3n) is 5.38. The van der Waals surface area contributed by atoms with E-state index in [0.717, 1.165) is 43.1 Å². The van der Waals surface area contributed by atoms with Crippen molar-refractivity contribution in [3.8, 4) is 17.0 Å². The monoisotopic (exact) mass is 390 g/mol. The maximum Gasteiger partial charge on any atom is 0.269 e. The SMILES string of the molecule is COc1ccc(-c2cc(C(=O)NC[C@@H]3CCN(Cc4ccccc4)C3)[nH]n2)cc1. The van der Waals surface area contributed by atoms with Crippen LogP contribution in [0.4, 0.5) is 0 Å². The maximum atomic E-state index is 12.5. The molecule has 6 heteroatoms. The number of nitrogens with zero attached hydrogens (tertiary/aromatic N) is 2. The fourth-order valence-electron chi connectivity index (χ4n) is 3.74. The zero-order valence-corrected chi connectivity index (χ0v) is 16.6. The first-order valence-corrected chi connectivity index (χ1v) is 9.95. The predicted molar refractivity (Wildman–Crippen MR) is 113 cm³/mol. The summed E-state index contributed by atoms with van der Waals surface area (Å²) in [4.78, 5) is 15.0. The molecule has 2 aromatic carbocycles. The fraction of sp³-hybridized carbons (Fsp3) is 0.304. The molecule has 29 heavy (non-hydrogen) atoms. The van der Waals surface area contributed by atoms with Crippen molar-refractivity contribution in [2.45, 2.75) is 13.0 Å². The van der Waals surface area contributed by atoms with E-state index < -0.39 is 0 Å². The lowest BCUT2D eigenvalue weighted by Crippen LogP contribution is -2.31. The molecular formula is C23H26N4O2. The number of likely N-dealkylation sites (tertiary alicyclic amines) is 1. The third-order valence-corrected chi connectivity index (χ3v) is 5.38. The summed E-state index contributed by atoms with van der Waals surface area (Å²) in [6.45, 7) is 3.73. The van der Waals surface area contributed by atoms with Crippen molar-refractivity contribution < 1.29 is 9.53 Å². The molecule has 2 N–H and O–H groups in total. The Bertz CT molecular complexity index is 937. The molecule has 1 atom stereocenters. The molecule has 1 aromatic heterocycles. The minimum absolute atomic E-state index is 0.112. The van der Waals surface area contributed by atoms with Crippen molar-refractivity contribution >= 4 is 5.91 Å². The first kappa shape index (κ1) is 19.2. The Morgan fingerprint density at radius 2 is 2.00 bits per heavy atom. The van der Waals surface area contributed by atoms with Gasteiger partial charge in [-0.25, -0.2) is 0 Å². The number of aromatic amines is 1. The first-order chi connectivity index (χ1) is 14.2. The molecule has 150 valence electrons. The van der Waals surface area contributed by atoms with E-state index in [0.29, 0.717) is 18.2 Å². The molecule has 0 saturated carbocycles. The summed E-state index contributed by atoms with van der Waals surface area (Å²) in [5.74, 6) is 1.16. The highest BCUT2D eigenvalue weighted by molar-refractivity contribution is 5.93. The first-order valence-electron chi connectivity index (χ1n) is 9.95. The van der Waals surface area contributed by atoms with Crippen LogP contribution in [0, 0.1) is 5.92 Å². The summed E-state index contributed by atoms with van der Waals surface area (Å²) < 4.78 is 5.17. The summed E-state index contributed by atoms with van der Waals surface area (Å²) in [5, 5.41) is 10.2. The van der Waals surface area contributed by atoms with Crippen LogP contribution in [-0.4, -0.2) is 47.7 Å². The van der Waals surface area contributed by atoms with E-state index in [1.54, 1.807) is 13.2 Å². The van der Waals surface area contributed by atoms with E-state index in [2.05, 4.69) is 44.7 Å². The van der Waals surface area contributed by atoms with Crippen molar-refractivity contribution in [1.29, 1.82) is 0 Å². The number of hydrogen-bond donors (Lipinski definition) is 2. The molecule has 1 fully saturated rings. The van der Waals surface area contributed by atoms with Crippen LogP contribution in [0.2, 0.25) is 0 Å². The van der Waals surface area contributed by atoms with Crippen molar-refractivity contribution in [1.82, 2.24) is 20.4 Å². The van der Waals surface area contributed by atoms with Gasteiger partial charge in [-0.05, 0) is 54.8 Å². The van der Waals surface area contributed by atoms with Gasteiger partial charge in [-0.3, -0.25) is 14.8 Å². The fourth-order valence-corrected chi connectivity index (χ4v) is 3.74. The molecule has 0 radical (unpaired) electrons. The summed E-state index contributed by atoms with van der Waals surface area (Å²) >= 11 is 0. The second-order valence-corrected chi connectivity index (χ2v) is 7.48. The molecule has 4 rings (SSSR count). The van der Waals surface area contributed by atoms with Crippen LogP contribution in [0.25, 0.3) is 11.3 Å². The normalized spacial score (nSPS) is 16.7. The Balaban J connectivity index is 1.27. The number of carbonyl (C=O) groups excluding carboxylic acids is 1. The largest absolute Gasteiger partial charge is 0.497 e. The van der Waals surface area contributed by atoms with Gasteiger partial charge < -0.3 is 10.1 Å². The average Bonchev–Trinajstić information content (AvgIpc) is 3.43. The Hall–Kier alpha value is -3.12. The minimum Gasteiger partial charge on any atom is -0.497 e.